The summed E-state index contributed by atoms with van der Waals surface area (Å²) in [5.74, 6) is 0.166. The van der Waals surface area contributed by atoms with Crippen molar-refractivity contribution < 1.29 is 28.4 Å². The summed E-state index contributed by atoms with van der Waals surface area (Å²) < 4.78 is 41.3. The average Bonchev–Trinajstić information content (AvgIpc) is 3.78. The van der Waals surface area contributed by atoms with Crippen molar-refractivity contribution in [3.8, 4) is 23.1 Å². The minimum atomic E-state index is -0.759. The molecule has 3 aliphatic carbocycles. The maximum absolute atomic E-state index is 17.4. The fraction of sp³-hybridized carbons (Fsp3) is 0.650. The topological polar surface area (TPSA) is 131 Å². The smallest absolute Gasteiger partial charge is 0.319 e. The second kappa shape index (κ2) is 14.3. The lowest BCUT2D eigenvalue weighted by molar-refractivity contribution is -0.196. The van der Waals surface area contributed by atoms with Gasteiger partial charge in [-0.1, -0.05) is 31.9 Å². The van der Waals surface area contributed by atoms with Crippen LogP contribution in [0.15, 0.2) is 12.3 Å². The van der Waals surface area contributed by atoms with Gasteiger partial charge < -0.3 is 29.0 Å². The van der Waals surface area contributed by atoms with Crippen LogP contribution in [0.4, 0.5) is 10.2 Å². The summed E-state index contributed by atoms with van der Waals surface area (Å²) in [4.78, 5) is 19.3. The maximum Gasteiger partial charge on any atom is 0.319 e. The van der Waals surface area contributed by atoms with Crippen LogP contribution in [0, 0.1) is 16.6 Å². The molecule has 0 amide bonds. The highest BCUT2D eigenvalue weighted by molar-refractivity contribution is 6.33. The molecular weight excluding hydrogens is 713 g/mol. The SMILES string of the molecule is CC.COc1nc(-c2c(C3CC3)c(Cl)cc3[nH]ncc23)c(F)c2nc(OCC34CCCC3N(C3CC5(COC5)C3)CCC4)nc(N3CCOCC(O)C3)c12. The number of aliphatic hydroxyl groups excluding tert-OH is 1. The van der Waals surface area contributed by atoms with Crippen LogP contribution >= 0.6 is 11.6 Å². The summed E-state index contributed by atoms with van der Waals surface area (Å²) in [6.45, 7) is 8.63. The molecule has 6 aliphatic rings. The van der Waals surface area contributed by atoms with Crippen molar-refractivity contribution in [1.82, 2.24) is 30.0 Å². The monoisotopic (exact) mass is 763 g/mol. The lowest BCUT2D eigenvalue weighted by Crippen LogP contribution is -2.64. The van der Waals surface area contributed by atoms with Gasteiger partial charge in [-0.25, -0.2) is 9.37 Å². The number of nitrogens with zero attached hydrogens (tertiary/aromatic N) is 6. The quantitative estimate of drug-likeness (QED) is 0.200. The lowest BCUT2D eigenvalue weighted by atomic mass is 9.62. The Labute approximate surface area is 320 Å². The Morgan fingerprint density at radius 1 is 1.07 bits per heavy atom. The van der Waals surface area contributed by atoms with Gasteiger partial charge in [-0.05, 0) is 75.5 Å². The molecule has 3 aromatic heterocycles. The van der Waals surface area contributed by atoms with Crippen molar-refractivity contribution in [3.05, 3.63) is 28.7 Å². The van der Waals surface area contributed by atoms with Crippen molar-refractivity contribution in [3.63, 3.8) is 0 Å². The van der Waals surface area contributed by atoms with Crippen molar-refractivity contribution in [1.29, 1.82) is 0 Å². The minimum absolute atomic E-state index is 0.0191. The second-order valence-electron chi connectivity index (χ2n) is 16.2. The van der Waals surface area contributed by atoms with Gasteiger partial charge in [0.1, 0.15) is 22.4 Å². The molecular formula is C40H51ClFN7O5. The van der Waals surface area contributed by atoms with Crippen molar-refractivity contribution in [2.24, 2.45) is 10.8 Å². The average molecular weight is 764 g/mol. The van der Waals surface area contributed by atoms with Crippen LogP contribution in [-0.4, -0.2) is 113 Å². The van der Waals surface area contributed by atoms with E-state index in [-0.39, 0.29) is 47.6 Å². The first-order valence-electron chi connectivity index (χ1n) is 19.9. The molecule has 3 saturated heterocycles. The van der Waals surface area contributed by atoms with E-state index in [1.165, 1.54) is 20.0 Å². The van der Waals surface area contributed by atoms with E-state index in [2.05, 4.69) is 15.1 Å². The highest BCUT2D eigenvalue weighted by Gasteiger charge is 2.57. The first kappa shape index (κ1) is 36.3. The summed E-state index contributed by atoms with van der Waals surface area (Å²) in [6, 6.07) is 3.00. The van der Waals surface area contributed by atoms with Gasteiger partial charge in [0.15, 0.2) is 5.82 Å². The third-order valence-electron chi connectivity index (χ3n) is 12.9. The summed E-state index contributed by atoms with van der Waals surface area (Å²) in [6.07, 6.45) is 10.9. The van der Waals surface area contributed by atoms with Crippen LogP contribution < -0.4 is 14.4 Å². The molecule has 3 aliphatic heterocycles. The molecule has 12 nitrogen and oxygen atoms in total. The number of hydrogen-bond donors (Lipinski definition) is 2. The van der Waals surface area contributed by atoms with E-state index in [1.807, 2.05) is 24.8 Å². The molecule has 3 unspecified atom stereocenters. The summed E-state index contributed by atoms with van der Waals surface area (Å²) in [7, 11) is 1.52. The van der Waals surface area contributed by atoms with E-state index in [1.54, 1.807) is 6.20 Å². The first-order valence-corrected chi connectivity index (χ1v) is 20.3. The summed E-state index contributed by atoms with van der Waals surface area (Å²) >= 11 is 6.88. The van der Waals surface area contributed by atoms with Gasteiger partial charge in [0.05, 0.1) is 58.0 Å². The van der Waals surface area contributed by atoms with E-state index in [4.69, 9.17) is 45.5 Å². The Balaban J connectivity index is 0.00000189. The zero-order valence-corrected chi connectivity index (χ0v) is 32.3. The van der Waals surface area contributed by atoms with E-state index in [0.29, 0.717) is 64.6 Å². The third kappa shape index (κ3) is 6.09. The zero-order chi connectivity index (χ0) is 37.2. The fourth-order valence-corrected chi connectivity index (χ4v) is 10.5. The van der Waals surface area contributed by atoms with Crippen molar-refractivity contribution in [2.75, 3.05) is 64.7 Å². The number of benzene rings is 1. The van der Waals surface area contributed by atoms with Crippen LogP contribution in [0.5, 0.6) is 11.9 Å². The molecule has 1 spiro atoms. The minimum Gasteiger partial charge on any atom is -0.480 e. The molecule has 0 radical (unpaired) electrons. The Hall–Kier alpha value is -3.36. The number of aromatic amines is 1. The standard InChI is InChI=1S/C38H45ClFN7O5.C2H6/c1-49-35-30-33(31(40)32(42-35)29-24-15-41-45-26(24)12-25(39)28(29)21-5-6-21)43-36(44-34(30)46-10-11-50-17-23(48)16-46)52-20-38-7-2-4-27(38)47(9-3-8-38)22-13-37(14-22)18-51-19-37;1-2/h12,15,21-23,27,48H,2-11,13-14,16-20H2,1H3,(H,41,45);1-2H3. The number of aromatic nitrogens is 5. The Bertz CT molecular complexity index is 2030. The summed E-state index contributed by atoms with van der Waals surface area (Å²) in [5, 5.41) is 19.6. The number of likely N-dealkylation sites (tertiary alicyclic amines) is 1. The number of halogens is 2. The number of H-pyrrole nitrogens is 1. The number of hydrogen-bond acceptors (Lipinski definition) is 11. The largest absolute Gasteiger partial charge is 0.480 e. The van der Waals surface area contributed by atoms with E-state index in [9.17, 15) is 5.11 Å². The molecule has 3 saturated carbocycles. The van der Waals surface area contributed by atoms with Crippen molar-refractivity contribution in [2.45, 2.75) is 95.7 Å². The fourth-order valence-electron chi connectivity index (χ4n) is 10.2. The Morgan fingerprint density at radius 2 is 1.89 bits per heavy atom. The number of aliphatic hydroxyl groups is 1. The number of fused-ring (bicyclic) bond motifs is 3. The molecule has 54 heavy (non-hydrogen) atoms. The Morgan fingerprint density at radius 3 is 2.65 bits per heavy atom. The molecule has 3 atom stereocenters. The third-order valence-corrected chi connectivity index (χ3v) is 13.2. The highest BCUT2D eigenvalue weighted by Crippen LogP contribution is 2.55. The predicted octanol–water partition coefficient (Wildman–Crippen LogP) is 6.66. The Kier molecular flexibility index (Phi) is 9.61. The first-order chi connectivity index (χ1) is 26.4. The van der Waals surface area contributed by atoms with Gasteiger partial charge in [-0.15, -0.1) is 0 Å². The number of β-amino-alcohol motifs (C(OH)–C–C–N with tert-alkyl or cyclic N) is 1. The van der Waals surface area contributed by atoms with Crippen LogP contribution in [0.3, 0.4) is 0 Å². The number of nitrogens with one attached hydrogen (secondary N) is 1. The van der Waals surface area contributed by atoms with Gasteiger partial charge >= 0.3 is 6.01 Å². The number of ether oxygens (including phenoxy) is 4. The van der Waals surface area contributed by atoms with Gasteiger partial charge in [0, 0.05) is 52.0 Å². The van der Waals surface area contributed by atoms with Crippen molar-refractivity contribution >= 4 is 39.2 Å². The van der Waals surface area contributed by atoms with E-state index >= 15 is 4.39 Å². The lowest BCUT2D eigenvalue weighted by Gasteiger charge is -2.60. The van der Waals surface area contributed by atoms with Gasteiger partial charge in [0.25, 0.3) is 0 Å². The van der Waals surface area contributed by atoms with Crippen LogP contribution in [0.25, 0.3) is 33.1 Å². The molecule has 6 fully saturated rings. The van der Waals surface area contributed by atoms with Gasteiger partial charge in [0.2, 0.25) is 5.88 Å². The number of rotatable bonds is 8. The molecule has 290 valence electrons. The molecule has 0 bridgehead atoms. The van der Waals surface area contributed by atoms with Gasteiger partial charge in [-0.2, -0.15) is 15.1 Å². The molecule has 10 rings (SSSR count). The normalized spacial score (nSPS) is 26.9. The highest BCUT2D eigenvalue weighted by atomic mass is 35.5. The summed E-state index contributed by atoms with van der Waals surface area (Å²) in [5.41, 5.74) is 2.69. The zero-order valence-electron chi connectivity index (χ0n) is 31.5. The number of anilines is 1. The van der Waals surface area contributed by atoms with Crippen LogP contribution in [0.1, 0.15) is 83.1 Å². The maximum atomic E-state index is 17.4. The van der Waals surface area contributed by atoms with Gasteiger partial charge in [-0.3, -0.25) is 10.00 Å². The van der Waals surface area contributed by atoms with E-state index in [0.717, 1.165) is 75.7 Å². The molecule has 6 heterocycles. The molecule has 1 aromatic carbocycles. The second-order valence-corrected chi connectivity index (χ2v) is 16.6. The van der Waals surface area contributed by atoms with Crippen LogP contribution in [0.2, 0.25) is 5.02 Å². The molecule has 2 N–H and O–H groups in total. The molecule has 4 aromatic rings. The molecule has 14 heteroatoms. The van der Waals surface area contributed by atoms with E-state index < -0.39 is 11.9 Å². The van der Waals surface area contributed by atoms with Crippen LogP contribution in [-0.2, 0) is 9.47 Å². The predicted molar refractivity (Wildman–Crippen MR) is 204 cm³/mol. The number of piperidine rings is 1. The number of methoxy groups -OCH3 is 1. The number of pyridine rings is 1.